The van der Waals surface area contributed by atoms with Gasteiger partial charge in [-0.2, -0.15) is 0 Å². The number of furan rings is 1. The van der Waals surface area contributed by atoms with Crippen LogP contribution < -0.4 is 4.90 Å². The highest BCUT2D eigenvalue weighted by Crippen LogP contribution is 2.43. The van der Waals surface area contributed by atoms with Crippen LogP contribution in [0.1, 0.15) is 0 Å². The fraction of sp³-hybridized carbons (Fsp3) is 0. The Hall–Kier alpha value is -7.68. The van der Waals surface area contributed by atoms with Gasteiger partial charge in [-0.1, -0.05) is 176 Å². The molecule has 2 nitrogen and oxygen atoms in total. The van der Waals surface area contributed by atoms with Gasteiger partial charge in [-0.05, 0) is 103 Å². The molecule has 0 saturated carbocycles. The molecule has 10 aromatic carbocycles. The van der Waals surface area contributed by atoms with Gasteiger partial charge in [-0.3, -0.25) is 0 Å². The van der Waals surface area contributed by atoms with Gasteiger partial charge in [-0.15, -0.1) is 0 Å². The fourth-order valence-corrected chi connectivity index (χ4v) is 8.61. The summed E-state index contributed by atoms with van der Waals surface area (Å²) in [5.74, 6) is 0.883. The number of fused-ring (bicyclic) bond motifs is 5. The Balaban J connectivity index is 0.968. The molecule has 11 rings (SSSR count). The first-order valence-corrected chi connectivity index (χ1v) is 19.8. The van der Waals surface area contributed by atoms with Crippen LogP contribution >= 0.6 is 0 Å². The van der Waals surface area contributed by atoms with Crippen LogP contribution in [0.3, 0.4) is 0 Å². The van der Waals surface area contributed by atoms with Crippen molar-refractivity contribution in [2.75, 3.05) is 4.90 Å². The van der Waals surface area contributed by atoms with Crippen molar-refractivity contribution in [1.29, 1.82) is 0 Å². The lowest BCUT2D eigenvalue weighted by Gasteiger charge is -2.27. The van der Waals surface area contributed by atoms with Gasteiger partial charge < -0.3 is 9.32 Å². The Morgan fingerprint density at radius 3 is 1.57 bits per heavy atom. The van der Waals surface area contributed by atoms with Crippen molar-refractivity contribution in [2.45, 2.75) is 0 Å². The van der Waals surface area contributed by atoms with Gasteiger partial charge in [0.2, 0.25) is 0 Å². The molecule has 2 heteroatoms. The second kappa shape index (κ2) is 14.1. The van der Waals surface area contributed by atoms with E-state index in [0.29, 0.717) is 0 Å². The van der Waals surface area contributed by atoms with Gasteiger partial charge in [-0.25, -0.2) is 0 Å². The Kier molecular flexibility index (Phi) is 8.19. The maximum atomic E-state index is 6.58. The topological polar surface area (TPSA) is 16.4 Å². The van der Waals surface area contributed by atoms with Gasteiger partial charge in [0, 0.05) is 33.3 Å². The first-order valence-electron chi connectivity index (χ1n) is 19.8. The molecule has 11 aromatic rings. The second-order valence-corrected chi connectivity index (χ2v) is 14.9. The lowest BCUT2D eigenvalue weighted by atomic mass is 9.96. The molecule has 0 fully saturated rings. The second-order valence-electron chi connectivity index (χ2n) is 14.9. The molecule has 0 unspecified atom stereocenters. The number of para-hydroxylation sites is 1. The summed E-state index contributed by atoms with van der Waals surface area (Å²) in [6.45, 7) is 0. The van der Waals surface area contributed by atoms with Gasteiger partial charge in [0.1, 0.15) is 11.3 Å². The quantitative estimate of drug-likeness (QED) is 0.151. The zero-order chi connectivity index (χ0) is 38.4. The molecule has 0 bridgehead atoms. The molecule has 0 amide bonds. The first-order chi connectivity index (χ1) is 28.7. The summed E-state index contributed by atoms with van der Waals surface area (Å²) >= 11 is 0. The van der Waals surface area contributed by atoms with Crippen molar-refractivity contribution in [3.8, 4) is 44.7 Å². The van der Waals surface area contributed by atoms with E-state index in [2.05, 4.69) is 217 Å². The fourth-order valence-electron chi connectivity index (χ4n) is 8.61. The smallest absolute Gasteiger partial charge is 0.143 e. The number of hydrogen-bond acceptors (Lipinski definition) is 2. The molecule has 0 aliphatic carbocycles. The average Bonchev–Trinajstić information content (AvgIpc) is 3.70. The predicted molar refractivity (Wildman–Crippen MR) is 245 cm³/mol. The number of rotatable bonds is 7. The lowest BCUT2D eigenvalue weighted by Crippen LogP contribution is -2.10. The molecule has 272 valence electrons. The molecular formula is C56H37NO. The lowest BCUT2D eigenvalue weighted by molar-refractivity contribution is 0.632. The largest absolute Gasteiger partial charge is 0.455 e. The number of hydrogen-bond donors (Lipinski definition) is 0. The third kappa shape index (κ3) is 5.91. The van der Waals surface area contributed by atoms with Crippen molar-refractivity contribution in [1.82, 2.24) is 0 Å². The van der Waals surface area contributed by atoms with Crippen molar-refractivity contribution in [3.05, 3.63) is 224 Å². The van der Waals surface area contributed by atoms with Crippen molar-refractivity contribution >= 4 is 60.3 Å². The van der Waals surface area contributed by atoms with Crippen LogP contribution in [0.5, 0.6) is 0 Å². The summed E-state index contributed by atoms with van der Waals surface area (Å²) < 4.78 is 6.58. The summed E-state index contributed by atoms with van der Waals surface area (Å²) in [6.07, 6.45) is 0. The number of nitrogens with zero attached hydrogens (tertiary/aromatic N) is 1. The monoisotopic (exact) mass is 739 g/mol. The van der Waals surface area contributed by atoms with Gasteiger partial charge in [0.25, 0.3) is 0 Å². The Morgan fingerprint density at radius 1 is 0.293 bits per heavy atom. The number of anilines is 3. The molecule has 1 heterocycles. The molecule has 0 aliphatic rings. The van der Waals surface area contributed by atoms with Gasteiger partial charge in [0.15, 0.2) is 0 Å². The first kappa shape index (κ1) is 33.6. The van der Waals surface area contributed by atoms with Crippen LogP contribution in [-0.2, 0) is 0 Å². The van der Waals surface area contributed by atoms with E-state index in [1.54, 1.807) is 0 Å². The summed E-state index contributed by atoms with van der Waals surface area (Å²) in [7, 11) is 0. The normalized spacial score (nSPS) is 11.4. The van der Waals surface area contributed by atoms with Gasteiger partial charge in [0.05, 0.1) is 5.69 Å². The average molecular weight is 740 g/mol. The highest BCUT2D eigenvalue weighted by atomic mass is 16.3. The number of benzene rings is 10. The van der Waals surface area contributed by atoms with E-state index in [4.69, 9.17) is 4.42 Å². The van der Waals surface area contributed by atoms with Crippen molar-refractivity contribution in [3.63, 3.8) is 0 Å². The highest BCUT2D eigenvalue weighted by Gasteiger charge is 2.19. The van der Waals surface area contributed by atoms with Crippen molar-refractivity contribution in [2.24, 2.45) is 0 Å². The third-order valence-corrected chi connectivity index (χ3v) is 11.5. The molecule has 0 aliphatic heterocycles. The summed E-state index contributed by atoms with van der Waals surface area (Å²) in [6, 6.07) is 80.5. The zero-order valence-corrected chi connectivity index (χ0v) is 31.7. The molecule has 0 atom stereocenters. The van der Waals surface area contributed by atoms with E-state index in [0.717, 1.165) is 61.6 Å². The molecule has 0 saturated heterocycles. The summed E-state index contributed by atoms with van der Waals surface area (Å²) in [5.41, 5.74) is 12.2. The molecule has 0 N–H and O–H groups in total. The van der Waals surface area contributed by atoms with E-state index < -0.39 is 0 Å². The summed E-state index contributed by atoms with van der Waals surface area (Å²) in [4.78, 5) is 2.37. The minimum absolute atomic E-state index is 0.883. The molecule has 58 heavy (non-hydrogen) atoms. The van der Waals surface area contributed by atoms with Crippen LogP contribution in [0.4, 0.5) is 17.1 Å². The Labute approximate surface area is 337 Å². The van der Waals surface area contributed by atoms with Crippen LogP contribution in [0, 0.1) is 0 Å². The van der Waals surface area contributed by atoms with E-state index in [-0.39, 0.29) is 0 Å². The van der Waals surface area contributed by atoms with E-state index in [1.165, 1.54) is 43.4 Å². The SMILES string of the molecule is c1ccc(-c2c(-c3cccc(-c4ccc(N(c5ccc(-c6ccc7c(ccc8ccccc87)c6)cc5)c5cccc6ccccc56)cc4)c3)oc3ccccc23)cc1. The standard InChI is InChI=1S/C56H37NO/c1-2-14-42(15-3-1)55-52-21-8-9-23-54(52)58-56(55)46-18-10-17-43(37-46)38-26-31-47(32-27-38)57(53-22-11-16-40-12-5-7-20-51(40)53)48-33-28-39(29-34-48)44-30-35-50-45(36-44)25-24-41-13-4-6-19-49(41)50/h1-37H. The maximum absolute atomic E-state index is 6.58. The Morgan fingerprint density at radius 2 is 0.810 bits per heavy atom. The van der Waals surface area contributed by atoms with Gasteiger partial charge >= 0.3 is 0 Å². The molecular weight excluding hydrogens is 703 g/mol. The Bertz CT molecular complexity index is 3260. The predicted octanol–water partition coefficient (Wildman–Crippen LogP) is 16.0. The van der Waals surface area contributed by atoms with Crippen LogP contribution in [0.2, 0.25) is 0 Å². The highest BCUT2D eigenvalue weighted by molar-refractivity contribution is 6.08. The molecule has 0 spiro atoms. The molecule has 0 radical (unpaired) electrons. The summed E-state index contributed by atoms with van der Waals surface area (Å²) in [5, 5.41) is 8.61. The van der Waals surface area contributed by atoms with E-state index >= 15 is 0 Å². The van der Waals surface area contributed by atoms with Crippen molar-refractivity contribution < 1.29 is 4.42 Å². The zero-order valence-electron chi connectivity index (χ0n) is 31.7. The van der Waals surface area contributed by atoms with E-state index in [9.17, 15) is 0 Å². The van der Waals surface area contributed by atoms with Crippen LogP contribution in [0.15, 0.2) is 229 Å². The third-order valence-electron chi connectivity index (χ3n) is 11.5. The van der Waals surface area contributed by atoms with Crippen LogP contribution in [0.25, 0.3) is 88.0 Å². The van der Waals surface area contributed by atoms with E-state index in [1.807, 2.05) is 12.1 Å². The minimum atomic E-state index is 0.883. The maximum Gasteiger partial charge on any atom is 0.143 e. The molecule has 1 aromatic heterocycles. The minimum Gasteiger partial charge on any atom is -0.455 e. The van der Waals surface area contributed by atoms with Crippen LogP contribution in [-0.4, -0.2) is 0 Å².